The molecule has 3 rings (SSSR count). The van der Waals surface area contributed by atoms with Gasteiger partial charge in [-0.2, -0.15) is 0 Å². The van der Waals surface area contributed by atoms with Crippen molar-refractivity contribution in [3.63, 3.8) is 0 Å². The van der Waals surface area contributed by atoms with Crippen LogP contribution in [0.1, 0.15) is 49.9 Å². The number of carbonyl (C=O) groups is 5. The topological polar surface area (TPSA) is 137 Å². The maximum absolute atomic E-state index is 12.8. The monoisotopic (exact) mass is 527 g/mol. The van der Waals surface area contributed by atoms with E-state index >= 15 is 0 Å². The minimum absolute atomic E-state index is 0.0146. The maximum Gasteiger partial charge on any atom is 0.499 e. The van der Waals surface area contributed by atoms with Crippen LogP contribution in [0.3, 0.4) is 0 Å². The van der Waals surface area contributed by atoms with Gasteiger partial charge in [0.05, 0.1) is 30.0 Å². The summed E-state index contributed by atoms with van der Waals surface area (Å²) in [4.78, 5) is 62.5. The van der Waals surface area contributed by atoms with Gasteiger partial charge in [0.1, 0.15) is 11.4 Å². The summed E-state index contributed by atoms with van der Waals surface area (Å²) in [6.07, 6.45) is -0.782. The van der Waals surface area contributed by atoms with Crippen LogP contribution in [-0.2, 0) is 33.1 Å². The molecule has 13 heteroatoms. The van der Waals surface area contributed by atoms with Gasteiger partial charge in [0.15, 0.2) is 0 Å². The molecule has 10 nitrogen and oxygen atoms in total. The van der Waals surface area contributed by atoms with Crippen molar-refractivity contribution in [1.82, 2.24) is 10.6 Å². The lowest BCUT2D eigenvalue weighted by Gasteiger charge is -2.46. The van der Waals surface area contributed by atoms with Crippen LogP contribution in [0.25, 0.3) is 0 Å². The lowest BCUT2D eigenvalue weighted by Crippen LogP contribution is -2.56. The third-order valence-corrected chi connectivity index (χ3v) is 6.51. The summed E-state index contributed by atoms with van der Waals surface area (Å²) in [5.74, 6) is -3.94. The number of ketones is 1. The minimum atomic E-state index is -2.98. The standard InChI is InChI=1S/C22H26BCl2N2O8/c1-12(2)6-13(7-15(28)11-27-20(31)16-8-14(24)4-5-17(16)25)23-33-19(30)10-22(35-23,21(32)34-23)9-18(29)26-3/h4-5,8,12-13H,6-7,9-11H2,1-3H3,(H,26,29)(H,27,31)/q-1/t13?,22-,23?/m0/s1. The van der Waals surface area contributed by atoms with Crippen molar-refractivity contribution in [3.05, 3.63) is 33.8 Å². The number of hydrogen-bond acceptors (Lipinski definition) is 8. The van der Waals surface area contributed by atoms with E-state index in [1.54, 1.807) is 0 Å². The van der Waals surface area contributed by atoms with E-state index in [1.807, 2.05) is 13.8 Å². The summed E-state index contributed by atoms with van der Waals surface area (Å²) >= 11 is 11.9. The number of nitrogens with one attached hydrogen (secondary N) is 2. The van der Waals surface area contributed by atoms with Crippen molar-refractivity contribution < 1.29 is 37.9 Å². The zero-order chi connectivity index (χ0) is 26.0. The third kappa shape index (κ3) is 5.96. The highest BCUT2D eigenvalue weighted by Crippen LogP contribution is 2.48. The van der Waals surface area contributed by atoms with Crippen molar-refractivity contribution in [2.24, 2.45) is 5.92 Å². The van der Waals surface area contributed by atoms with E-state index in [9.17, 15) is 24.0 Å². The molecule has 2 heterocycles. The summed E-state index contributed by atoms with van der Waals surface area (Å²) in [5.41, 5.74) is -1.69. The molecule has 2 bridgehead atoms. The number of Topliss-reactive ketones (excluding diaryl/α,β-unsaturated/α-hetero) is 1. The van der Waals surface area contributed by atoms with Crippen LogP contribution in [-0.4, -0.2) is 55.5 Å². The number of fused-ring (bicyclic) bond motifs is 2. The van der Waals surface area contributed by atoms with Gasteiger partial charge in [0, 0.05) is 12.1 Å². The Bertz CT molecular complexity index is 1070. The molecule has 0 aromatic heterocycles. The predicted molar refractivity (Wildman–Crippen MR) is 127 cm³/mol. The van der Waals surface area contributed by atoms with E-state index in [0.29, 0.717) is 11.4 Å². The first-order valence-corrected chi connectivity index (χ1v) is 11.9. The molecule has 0 aliphatic carbocycles. The summed E-state index contributed by atoms with van der Waals surface area (Å²) in [6.45, 7) is 0.432. The lowest BCUT2D eigenvalue weighted by atomic mass is 9.57. The van der Waals surface area contributed by atoms with E-state index in [1.165, 1.54) is 25.2 Å². The van der Waals surface area contributed by atoms with Gasteiger partial charge >= 0.3 is 6.75 Å². The van der Waals surface area contributed by atoms with Crippen LogP contribution in [0.5, 0.6) is 0 Å². The molecule has 2 saturated heterocycles. The van der Waals surface area contributed by atoms with Crippen LogP contribution < -0.4 is 10.6 Å². The molecule has 2 aliphatic heterocycles. The highest BCUT2D eigenvalue weighted by molar-refractivity contribution is 6.68. The number of benzene rings is 1. The molecule has 2 amide bonds. The van der Waals surface area contributed by atoms with Crippen LogP contribution in [0.4, 0.5) is 0 Å². The van der Waals surface area contributed by atoms with Gasteiger partial charge in [-0.1, -0.05) is 49.3 Å². The van der Waals surface area contributed by atoms with E-state index in [4.69, 9.17) is 37.2 Å². The highest BCUT2D eigenvalue weighted by Gasteiger charge is 2.64. The average molecular weight is 528 g/mol. The SMILES string of the molecule is CNC(=O)C[C@]12CC(=O)O[B-](C(CC(=O)CNC(=O)c3cc(Cl)ccc3Cl)CC(C)C)(OC1=O)O2. The molecule has 1 aromatic carbocycles. The van der Waals surface area contributed by atoms with Crippen molar-refractivity contribution in [1.29, 1.82) is 0 Å². The summed E-state index contributed by atoms with van der Waals surface area (Å²) in [6, 6.07) is 4.38. The second-order valence-corrected chi connectivity index (χ2v) is 10.0. The van der Waals surface area contributed by atoms with Gasteiger partial charge in [-0.15, -0.1) is 0 Å². The normalized spacial score (nSPS) is 23.9. The van der Waals surface area contributed by atoms with Gasteiger partial charge < -0.3 is 24.6 Å². The lowest BCUT2D eigenvalue weighted by molar-refractivity contribution is -0.156. The molecule has 2 N–H and O–H groups in total. The van der Waals surface area contributed by atoms with Crippen LogP contribution in [0, 0.1) is 5.92 Å². The van der Waals surface area contributed by atoms with Crippen LogP contribution >= 0.6 is 23.2 Å². The zero-order valence-electron chi connectivity index (χ0n) is 19.5. The molecule has 1 aromatic rings. The zero-order valence-corrected chi connectivity index (χ0v) is 21.0. The van der Waals surface area contributed by atoms with Crippen molar-refractivity contribution in [2.75, 3.05) is 13.6 Å². The molecule has 190 valence electrons. The molecule has 35 heavy (non-hydrogen) atoms. The Kier molecular flexibility index (Phi) is 8.13. The second kappa shape index (κ2) is 10.6. The number of amides is 2. The first kappa shape index (κ1) is 27.0. The minimum Gasteiger partial charge on any atom is -0.633 e. The second-order valence-electron chi connectivity index (χ2n) is 9.17. The van der Waals surface area contributed by atoms with Gasteiger partial charge in [-0.3, -0.25) is 24.0 Å². The fourth-order valence-electron chi connectivity index (χ4n) is 4.39. The first-order chi connectivity index (χ1) is 16.4. The van der Waals surface area contributed by atoms with Gasteiger partial charge in [-0.25, -0.2) is 0 Å². The molecule has 0 saturated carbocycles. The number of carbonyl (C=O) groups excluding carboxylic acids is 5. The summed E-state index contributed by atoms with van der Waals surface area (Å²) < 4.78 is 16.8. The largest absolute Gasteiger partial charge is 0.633 e. The Morgan fingerprint density at radius 3 is 2.54 bits per heavy atom. The Balaban J connectivity index is 1.76. The average Bonchev–Trinajstić information content (AvgIpc) is 2.98. The molecule has 3 atom stereocenters. The van der Waals surface area contributed by atoms with Gasteiger partial charge in [-0.05, 0) is 30.5 Å². The fraction of sp³-hybridized carbons (Fsp3) is 0.500. The molecular formula is C22H26BCl2N2O8-. The van der Waals surface area contributed by atoms with E-state index < -0.39 is 60.6 Å². The van der Waals surface area contributed by atoms with E-state index in [2.05, 4.69) is 10.6 Å². The van der Waals surface area contributed by atoms with Crippen molar-refractivity contribution in [3.8, 4) is 0 Å². The summed E-state index contributed by atoms with van der Waals surface area (Å²) in [7, 11) is 1.39. The van der Waals surface area contributed by atoms with E-state index in [0.717, 1.165) is 0 Å². The Morgan fingerprint density at radius 2 is 1.89 bits per heavy atom. The summed E-state index contributed by atoms with van der Waals surface area (Å²) in [5, 5.41) is 5.37. The molecule has 2 unspecified atom stereocenters. The highest BCUT2D eigenvalue weighted by atomic mass is 35.5. The third-order valence-electron chi connectivity index (χ3n) is 5.94. The van der Waals surface area contributed by atoms with Crippen molar-refractivity contribution >= 4 is 59.5 Å². The fourth-order valence-corrected chi connectivity index (χ4v) is 4.76. The quantitative estimate of drug-likeness (QED) is 0.442. The van der Waals surface area contributed by atoms with Crippen LogP contribution in [0.15, 0.2) is 18.2 Å². The van der Waals surface area contributed by atoms with Crippen molar-refractivity contribution in [2.45, 2.75) is 50.9 Å². The molecule has 2 aliphatic rings. The van der Waals surface area contributed by atoms with Gasteiger partial charge in [0.2, 0.25) is 5.91 Å². The molecular weight excluding hydrogens is 502 g/mol. The Hall–Kier alpha value is -2.63. The number of hydrogen-bond donors (Lipinski definition) is 2. The smallest absolute Gasteiger partial charge is 0.499 e. The molecule has 2 fully saturated rings. The van der Waals surface area contributed by atoms with E-state index in [-0.39, 0.29) is 29.5 Å². The van der Waals surface area contributed by atoms with Crippen LogP contribution in [0.2, 0.25) is 15.9 Å². The Labute approximate surface area is 212 Å². The maximum atomic E-state index is 12.8. The number of halogens is 2. The predicted octanol–water partition coefficient (Wildman–Crippen LogP) is 2.43. The first-order valence-electron chi connectivity index (χ1n) is 11.1. The molecule has 0 spiro atoms. The number of rotatable bonds is 10. The van der Waals surface area contributed by atoms with Gasteiger partial charge in [0.25, 0.3) is 17.8 Å². The molecule has 0 radical (unpaired) electrons. The Morgan fingerprint density at radius 1 is 1.17 bits per heavy atom.